The van der Waals surface area contributed by atoms with Crippen LogP contribution in [0.1, 0.15) is 11.5 Å². The van der Waals surface area contributed by atoms with E-state index >= 15 is 0 Å². The summed E-state index contributed by atoms with van der Waals surface area (Å²) in [4.78, 5) is 4.19. The van der Waals surface area contributed by atoms with E-state index in [0.29, 0.717) is 11.7 Å². The summed E-state index contributed by atoms with van der Waals surface area (Å²) in [5.41, 5.74) is 2.28. The molecule has 2 rings (SSSR count). The number of hydrogen-bond donors (Lipinski definition) is 0. The molecule has 1 aromatic carbocycles. The van der Waals surface area contributed by atoms with Crippen LogP contribution in [0.4, 0.5) is 0 Å². The molecule has 1 aromatic heterocycles. The predicted octanol–water partition coefficient (Wildman–Crippen LogP) is 2.98. The fraction of sp³-hybridized carbons (Fsp3) is 0.273. The van der Waals surface area contributed by atoms with E-state index in [1.165, 1.54) is 5.56 Å². The summed E-state index contributed by atoms with van der Waals surface area (Å²) in [6, 6.07) is 8.18. The Morgan fingerprint density at radius 2 is 2.27 bits per heavy atom. The SMILES string of the molecule is Cc1nc(-c2cccc(CCBr)c2)no1. The number of aryl methyl sites for hydroxylation is 2. The first-order valence-electron chi connectivity index (χ1n) is 4.75. The van der Waals surface area contributed by atoms with Crippen molar-refractivity contribution in [2.75, 3.05) is 5.33 Å². The molecule has 0 aliphatic heterocycles. The lowest BCUT2D eigenvalue weighted by Crippen LogP contribution is -1.87. The van der Waals surface area contributed by atoms with E-state index in [9.17, 15) is 0 Å². The monoisotopic (exact) mass is 266 g/mol. The van der Waals surface area contributed by atoms with Gasteiger partial charge in [0.05, 0.1) is 0 Å². The van der Waals surface area contributed by atoms with Crippen LogP contribution in [-0.4, -0.2) is 15.5 Å². The van der Waals surface area contributed by atoms with Crippen LogP contribution < -0.4 is 0 Å². The molecule has 0 saturated heterocycles. The van der Waals surface area contributed by atoms with Crippen molar-refractivity contribution in [3.63, 3.8) is 0 Å². The Kier molecular flexibility index (Phi) is 3.16. The quantitative estimate of drug-likeness (QED) is 0.802. The van der Waals surface area contributed by atoms with Gasteiger partial charge in [-0.2, -0.15) is 4.98 Å². The van der Waals surface area contributed by atoms with Gasteiger partial charge in [-0.25, -0.2) is 0 Å². The average molecular weight is 267 g/mol. The Labute approximate surface area is 96.6 Å². The third kappa shape index (κ3) is 2.45. The first kappa shape index (κ1) is 10.4. The number of aromatic nitrogens is 2. The molecule has 0 N–H and O–H groups in total. The summed E-state index contributed by atoms with van der Waals surface area (Å²) < 4.78 is 4.95. The van der Waals surface area contributed by atoms with Crippen LogP contribution in [0, 0.1) is 6.92 Å². The second-order valence-corrected chi connectivity index (χ2v) is 4.07. The largest absolute Gasteiger partial charge is 0.339 e. The summed E-state index contributed by atoms with van der Waals surface area (Å²) in [5, 5.41) is 4.85. The van der Waals surface area contributed by atoms with Gasteiger partial charge in [0.25, 0.3) is 0 Å². The number of rotatable bonds is 3. The van der Waals surface area contributed by atoms with Gasteiger partial charge in [0.1, 0.15) is 0 Å². The van der Waals surface area contributed by atoms with Crippen molar-refractivity contribution in [2.24, 2.45) is 0 Å². The Bertz CT molecular complexity index is 453. The number of nitrogens with zero attached hydrogens (tertiary/aromatic N) is 2. The van der Waals surface area contributed by atoms with Gasteiger partial charge in [-0.3, -0.25) is 0 Å². The van der Waals surface area contributed by atoms with Crippen LogP contribution in [0.25, 0.3) is 11.4 Å². The van der Waals surface area contributed by atoms with Crippen molar-refractivity contribution in [3.05, 3.63) is 35.7 Å². The van der Waals surface area contributed by atoms with Gasteiger partial charge in [0.15, 0.2) is 0 Å². The molecule has 0 atom stereocenters. The van der Waals surface area contributed by atoms with E-state index in [4.69, 9.17) is 4.52 Å². The zero-order valence-corrected chi connectivity index (χ0v) is 9.99. The normalized spacial score (nSPS) is 10.5. The molecule has 0 aliphatic rings. The highest BCUT2D eigenvalue weighted by atomic mass is 79.9. The van der Waals surface area contributed by atoms with E-state index in [0.717, 1.165) is 17.3 Å². The van der Waals surface area contributed by atoms with Crippen LogP contribution in [-0.2, 0) is 6.42 Å². The van der Waals surface area contributed by atoms with Crippen LogP contribution in [0.5, 0.6) is 0 Å². The lowest BCUT2D eigenvalue weighted by Gasteiger charge is -1.99. The van der Waals surface area contributed by atoms with Gasteiger partial charge in [-0.05, 0) is 18.1 Å². The zero-order chi connectivity index (χ0) is 10.7. The maximum atomic E-state index is 4.95. The standard InChI is InChI=1S/C11H11BrN2O/c1-8-13-11(14-15-8)10-4-2-3-9(7-10)5-6-12/h2-4,7H,5-6H2,1H3. The molecular weight excluding hydrogens is 256 g/mol. The van der Waals surface area contributed by atoms with E-state index in [1.54, 1.807) is 6.92 Å². The van der Waals surface area contributed by atoms with Gasteiger partial charge >= 0.3 is 0 Å². The predicted molar refractivity (Wildman–Crippen MR) is 62.0 cm³/mol. The van der Waals surface area contributed by atoms with E-state index in [-0.39, 0.29) is 0 Å². The van der Waals surface area contributed by atoms with Crippen molar-refractivity contribution in [2.45, 2.75) is 13.3 Å². The molecule has 0 saturated carbocycles. The maximum Gasteiger partial charge on any atom is 0.223 e. The number of halogens is 1. The third-order valence-corrected chi connectivity index (χ3v) is 2.49. The maximum absolute atomic E-state index is 4.95. The van der Waals surface area contributed by atoms with Crippen molar-refractivity contribution in [3.8, 4) is 11.4 Å². The molecule has 0 unspecified atom stereocenters. The summed E-state index contributed by atoms with van der Waals surface area (Å²) in [7, 11) is 0. The molecule has 0 bridgehead atoms. The Balaban J connectivity index is 2.32. The van der Waals surface area contributed by atoms with Gasteiger partial charge in [0.2, 0.25) is 11.7 Å². The Morgan fingerprint density at radius 3 is 2.93 bits per heavy atom. The Hall–Kier alpha value is -1.16. The van der Waals surface area contributed by atoms with Crippen LogP contribution in [0.15, 0.2) is 28.8 Å². The van der Waals surface area contributed by atoms with Crippen molar-refractivity contribution < 1.29 is 4.52 Å². The molecule has 1 heterocycles. The second kappa shape index (κ2) is 4.57. The van der Waals surface area contributed by atoms with Crippen molar-refractivity contribution in [1.29, 1.82) is 0 Å². The average Bonchev–Trinajstić information content (AvgIpc) is 2.66. The second-order valence-electron chi connectivity index (χ2n) is 3.28. The third-order valence-electron chi connectivity index (χ3n) is 2.10. The van der Waals surface area contributed by atoms with Gasteiger partial charge in [-0.15, -0.1) is 0 Å². The first-order valence-corrected chi connectivity index (χ1v) is 5.87. The lowest BCUT2D eigenvalue weighted by molar-refractivity contribution is 0.394. The molecule has 0 amide bonds. The summed E-state index contributed by atoms with van der Waals surface area (Å²) in [6.45, 7) is 1.79. The van der Waals surface area contributed by atoms with Gasteiger partial charge in [-0.1, -0.05) is 39.3 Å². The highest BCUT2D eigenvalue weighted by Crippen LogP contribution is 2.17. The highest BCUT2D eigenvalue weighted by molar-refractivity contribution is 9.09. The van der Waals surface area contributed by atoms with E-state index in [1.807, 2.05) is 12.1 Å². The summed E-state index contributed by atoms with van der Waals surface area (Å²) in [5.74, 6) is 1.25. The zero-order valence-electron chi connectivity index (χ0n) is 8.40. The smallest absolute Gasteiger partial charge is 0.223 e. The molecule has 2 aromatic rings. The van der Waals surface area contributed by atoms with Crippen molar-refractivity contribution >= 4 is 15.9 Å². The Morgan fingerprint density at radius 1 is 1.40 bits per heavy atom. The molecule has 0 radical (unpaired) electrons. The van der Waals surface area contributed by atoms with Crippen LogP contribution >= 0.6 is 15.9 Å². The fourth-order valence-electron chi connectivity index (χ4n) is 1.39. The molecule has 0 fully saturated rings. The number of benzene rings is 1. The highest BCUT2D eigenvalue weighted by Gasteiger charge is 2.05. The van der Waals surface area contributed by atoms with Crippen molar-refractivity contribution in [1.82, 2.24) is 10.1 Å². The summed E-state index contributed by atoms with van der Waals surface area (Å²) >= 11 is 3.42. The molecule has 15 heavy (non-hydrogen) atoms. The molecule has 4 heteroatoms. The fourth-order valence-corrected chi connectivity index (χ4v) is 1.85. The summed E-state index contributed by atoms with van der Waals surface area (Å²) in [6.07, 6.45) is 1.00. The van der Waals surface area contributed by atoms with E-state index < -0.39 is 0 Å². The van der Waals surface area contributed by atoms with E-state index in [2.05, 4.69) is 38.2 Å². The molecule has 78 valence electrons. The minimum Gasteiger partial charge on any atom is -0.339 e. The van der Waals surface area contributed by atoms with Crippen LogP contribution in [0.2, 0.25) is 0 Å². The number of hydrogen-bond acceptors (Lipinski definition) is 3. The lowest BCUT2D eigenvalue weighted by atomic mass is 10.1. The van der Waals surface area contributed by atoms with Crippen LogP contribution in [0.3, 0.4) is 0 Å². The van der Waals surface area contributed by atoms with Gasteiger partial charge < -0.3 is 4.52 Å². The molecule has 0 spiro atoms. The first-order chi connectivity index (χ1) is 7.29. The number of alkyl halides is 1. The topological polar surface area (TPSA) is 38.9 Å². The molecule has 0 aliphatic carbocycles. The minimum atomic E-state index is 0.593. The van der Waals surface area contributed by atoms with Gasteiger partial charge in [0, 0.05) is 17.8 Å². The minimum absolute atomic E-state index is 0.593. The molecular formula is C11H11BrN2O. The molecule has 3 nitrogen and oxygen atoms in total.